The van der Waals surface area contributed by atoms with Crippen molar-refractivity contribution in [2.24, 2.45) is 5.92 Å². The van der Waals surface area contributed by atoms with Gasteiger partial charge in [-0.1, -0.05) is 18.2 Å². The molecule has 0 saturated carbocycles. The van der Waals surface area contributed by atoms with Crippen molar-refractivity contribution >= 4 is 5.91 Å². The Morgan fingerprint density at radius 1 is 1.23 bits per heavy atom. The first-order chi connectivity index (χ1) is 15.0. The number of carbonyl (C=O) groups is 1. The summed E-state index contributed by atoms with van der Waals surface area (Å²) in [5, 5.41) is 11.7. The van der Waals surface area contributed by atoms with E-state index in [0.717, 1.165) is 44.8 Å². The molecule has 0 bridgehead atoms. The zero-order valence-electron chi connectivity index (χ0n) is 18.9. The van der Waals surface area contributed by atoms with Gasteiger partial charge in [0.2, 0.25) is 0 Å². The van der Waals surface area contributed by atoms with Gasteiger partial charge < -0.3 is 19.7 Å². The standard InChI is InChI=1S/C24H34N4O3/c1-25(2)14-15-27(24(29)22-10-7-13-28(30)19-22)17-20-8-6-12-26(16-20)18-21-9-4-5-11-23(21)31-3/h4-5,7,9-11,13,19-20H,6,8,12,14-18H2,1-3H3/t20-/m1/s1. The Balaban J connectivity index is 1.67. The summed E-state index contributed by atoms with van der Waals surface area (Å²) < 4.78 is 6.20. The second-order valence-electron chi connectivity index (χ2n) is 8.56. The summed E-state index contributed by atoms with van der Waals surface area (Å²) in [6.07, 6.45) is 4.98. The van der Waals surface area contributed by atoms with Gasteiger partial charge in [0.05, 0.1) is 7.11 Å². The lowest BCUT2D eigenvalue weighted by Gasteiger charge is -2.36. The number of amides is 1. The van der Waals surface area contributed by atoms with Crippen molar-refractivity contribution in [2.45, 2.75) is 19.4 Å². The SMILES string of the molecule is COc1ccccc1CN1CCC[C@@H](CN(CCN(C)C)C(=O)c2ccc[n+]([O-])c2)C1. The van der Waals surface area contributed by atoms with Gasteiger partial charge in [0.25, 0.3) is 5.91 Å². The van der Waals surface area contributed by atoms with Crippen LogP contribution in [-0.2, 0) is 6.54 Å². The van der Waals surface area contributed by atoms with E-state index in [4.69, 9.17) is 4.74 Å². The Morgan fingerprint density at radius 2 is 2.03 bits per heavy atom. The number of hydrogen-bond donors (Lipinski definition) is 0. The van der Waals surface area contributed by atoms with E-state index in [-0.39, 0.29) is 5.91 Å². The number of hydrogen-bond acceptors (Lipinski definition) is 5. The van der Waals surface area contributed by atoms with Gasteiger partial charge in [-0.25, -0.2) is 0 Å². The molecule has 0 radical (unpaired) electrons. The highest BCUT2D eigenvalue weighted by molar-refractivity contribution is 5.93. The monoisotopic (exact) mass is 426 g/mol. The van der Waals surface area contributed by atoms with E-state index in [9.17, 15) is 10.0 Å². The average Bonchev–Trinajstić information content (AvgIpc) is 2.76. The van der Waals surface area contributed by atoms with Crippen molar-refractivity contribution in [2.75, 3.05) is 53.9 Å². The van der Waals surface area contributed by atoms with Gasteiger partial charge in [-0.05, 0) is 51.5 Å². The Kier molecular flexibility index (Phi) is 8.26. The van der Waals surface area contributed by atoms with Gasteiger partial charge in [0.15, 0.2) is 12.4 Å². The summed E-state index contributed by atoms with van der Waals surface area (Å²) in [5.74, 6) is 1.24. The van der Waals surface area contributed by atoms with Crippen molar-refractivity contribution in [1.82, 2.24) is 14.7 Å². The number of methoxy groups -OCH3 is 1. The maximum absolute atomic E-state index is 13.2. The minimum Gasteiger partial charge on any atom is -0.619 e. The van der Waals surface area contributed by atoms with Crippen LogP contribution >= 0.6 is 0 Å². The molecule has 1 aliphatic heterocycles. The van der Waals surface area contributed by atoms with Crippen molar-refractivity contribution in [3.8, 4) is 5.75 Å². The lowest BCUT2D eigenvalue weighted by molar-refractivity contribution is -0.605. The Hall–Kier alpha value is -2.64. The molecule has 0 aliphatic carbocycles. The lowest BCUT2D eigenvalue weighted by atomic mass is 9.96. The molecule has 168 valence electrons. The number of piperidine rings is 1. The number of carbonyl (C=O) groups excluding carboxylic acids is 1. The molecule has 1 aliphatic rings. The number of ether oxygens (including phenoxy) is 1. The van der Waals surface area contributed by atoms with E-state index < -0.39 is 0 Å². The summed E-state index contributed by atoms with van der Waals surface area (Å²) in [6.45, 7) is 4.97. The van der Waals surface area contributed by atoms with Gasteiger partial charge in [-0.3, -0.25) is 9.69 Å². The molecule has 7 nitrogen and oxygen atoms in total. The van der Waals surface area contributed by atoms with Gasteiger partial charge in [0.1, 0.15) is 11.3 Å². The Morgan fingerprint density at radius 3 is 2.77 bits per heavy atom. The number of benzene rings is 1. The minimum atomic E-state index is -0.0751. The molecule has 0 spiro atoms. The first-order valence-corrected chi connectivity index (χ1v) is 10.9. The summed E-state index contributed by atoms with van der Waals surface area (Å²) in [7, 11) is 5.72. The molecule has 0 unspecified atom stereocenters. The van der Waals surface area contributed by atoms with E-state index in [1.54, 1.807) is 19.2 Å². The normalized spacial score (nSPS) is 17.0. The highest BCUT2D eigenvalue weighted by Crippen LogP contribution is 2.24. The predicted octanol–water partition coefficient (Wildman–Crippen LogP) is 2.24. The Labute approximate surface area is 185 Å². The minimum absolute atomic E-state index is 0.0751. The fourth-order valence-corrected chi connectivity index (χ4v) is 4.19. The van der Waals surface area contributed by atoms with Gasteiger partial charge in [-0.15, -0.1) is 0 Å². The third kappa shape index (κ3) is 6.67. The summed E-state index contributed by atoms with van der Waals surface area (Å²) in [5.41, 5.74) is 1.63. The number of likely N-dealkylation sites (N-methyl/N-ethyl adjacent to an activating group) is 1. The molecule has 31 heavy (non-hydrogen) atoms. The summed E-state index contributed by atoms with van der Waals surface area (Å²) >= 11 is 0. The van der Waals surface area contributed by atoms with Crippen LogP contribution in [0.25, 0.3) is 0 Å². The van der Waals surface area contributed by atoms with Gasteiger partial charge in [0, 0.05) is 44.4 Å². The predicted molar refractivity (Wildman–Crippen MR) is 121 cm³/mol. The van der Waals surface area contributed by atoms with Crippen molar-refractivity contribution in [3.63, 3.8) is 0 Å². The van der Waals surface area contributed by atoms with Crippen LogP contribution in [0.5, 0.6) is 5.75 Å². The molecule has 3 rings (SSSR count). The third-order valence-corrected chi connectivity index (χ3v) is 5.79. The molecule has 1 aromatic carbocycles. The van der Waals surface area contributed by atoms with Crippen LogP contribution in [-0.4, -0.2) is 74.5 Å². The van der Waals surface area contributed by atoms with Crippen LogP contribution in [0.3, 0.4) is 0 Å². The van der Waals surface area contributed by atoms with Crippen molar-refractivity contribution < 1.29 is 14.3 Å². The van der Waals surface area contributed by atoms with Gasteiger partial charge >= 0.3 is 0 Å². The molecule has 1 amide bonds. The second kappa shape index (κ2) is 11.1. The van der Waals surface area contributed by atoms with E-state index in [2.05, 4.69) is 15.9 Å². The largest absolute Gasteiger partial charge is 0.619 e. The lowest BCUT2D eigenvalue weighted by Crippen LogP contribution is -2.45. The summed E-state index contributed by atoms with van der Waals surface area (Å²) in [4.78, 5) is 19.6. The fourth-order valence-electron chi connectivity index (χ4n) is 4.19. The maximum Gasteiger partial charge on any atom is 0.260 e. The van der Waals surface area contributed by atoms with Crippen LogP contribution in [0.15, 0.2) is 48.8 Å². The molecular formula is C24H34N4O3. The van der Waals surface area contributed by atoms with E-state index in [1.807, 2.05) is 37.2 Å². The smallest absolute Gasteiger partial charge is 0.260 e. The first kappa shape index (κ1) is 23.0. The van der Waals surface area contributed by atoms with Crippen LogP contribution in [0.1, 0.15) is 28.8 Å². The van der Waals surface area contributed by atoms with Crippen LogP contribution in [0, 0.1) is 11.1 Å². The topological polar surface area (TPSA) is 63.0 Å². The van der Waals surface area contributed by atoms with Crippen molar-refractivity contribution in [3.05, 3.63) is 65.1 Å². The van der Waals surface area contributed by atoms with E-state index in [1.165, 1.54) is 18.0 Å². The zero-order chi connectivity index (χ0) is 22.2. The van der Waals surface area contributed by atoms with E-state index >= 15 is 0 Å². The van der Waals surface area contributed by atoms with Crippen LogP contribution < -0.4 is 9.47 Å². The van der Waals surface area contributed by atoms with Gasteiger partial charge in [-0.2, -0.15) is 4.73 Å². The number of pyridine rings is 1. The number of likely N-dealkylation sites (tertiary alicyclic amines) is 1. The molecule has 2 aromatic rings. The molecular weight excluding hydrogens is 392 g/mol. The molecule has 1 saturated heterocycles. The highest BCUT2D eigenvalue weighted by atomic mass is 16.5. The molecule has 2 heterocycles. The zero-order valence-corrected chi connectivity index (χ0v) is 18.9. The number of aromatic nitrogens is 1. The third-order valence-electron chi connectivity index (χ3n) is 5.79. The van der Waals surface area contributed by atoms with Crippen LogP contribution in [0.2, 0.25) is 0 Å². The molecule has 1 fully saturated rings. The Bertz CT molecular complexity index is 858. The first-order valence-electron chi connectivity index (χ1n) is 10.9. The fraction of sp³-hybridized carbons (Fsp3) is 0.500. The van der Waals surface area contributed by atoms with E-state index in [0.29, 0.717) is 29.3 Å². The second-order valence-corrected chi connectivity index (χ2v) is 8.56. The maximum atomic E-state index is 13.2. The quantitative estimate of drug-likeness (QED) is 0.455. The number of para-hydroxylation sites is 1. The molecule has 1 aromatic heterocycles. The molecule has 0 N–H and O–H groups in total. The highest BCUT2D eigenvalue weighted by Gasteiger charge is 2.26. The molecule has 1 atom stereocenters. The summed E-state index contributed by atoms with van der Waals surface area (Å²) in [6, 6.07) is 11.5. The number of nitrogens with zero attached hydrogens (tertiary/aromatic N) is 4. The van der Waals surface area contributed by atoms with Crippen molar-refractivity contribution in [1.29, 1.82) is 0 Å². The number of rotatable bonds is 9. The van der Waals surface area contributed by atoms with Crippen LogP contribution in [0.4, 0.5) is 0 Å². The molecule has 7 heteroatoms. The average molecular weight is 427 g/mol.